The second kappa shape index (κ2) is 8.38. The number of hydrogen-bond donors (Lipinski definition) is 1. The fraction of sp³-hybridized carbons (Fsp3) is 0.875. The molecule has 20 heavy (non-hydrogen) atoms. The van der Waals surface area contributed by atoms with Crippen LogP contribution in [0.4, 0.5) is 0 Å². The highest BCUT2D eigenvalue weighted by Gasteiger charge is 2.23. The minimum Gasteiger partial charge on any atom is -0.314 e. The Hall–Kier alpha value is -0.0900. The highest BCUT2D eigenvalue weighted by molar-refractivity contribution is 6.22. The molecule has 0 bridgehead atoms. The average molecular weight is 300 g/mol. The molecule has 2 fully saturated rings. The minimum atomic E-state index is 0.0897. The summed E-state index contributed by atoms with van der Waals surface area (Å²) in [6.45, 7) is 12.4. The van der Waals surface area contributed by atoms with Gasteiger partial charge in [0, 0.05) is 32.7 Å². The van der Waals surface area contributed by atoms with E-state index in [2.05, 4.69) is 29.0 Å². The van der Waals surface area contributed by atoms with E-state index in [1.54, 1.807) is 0 Å². The van der Waals surface area contributed by atoms with Crippen molar-refractivity contribution in [1.29, 1.82) is 0 Å². The van der Waals surface area contributed by atoms with Crippen molar-refractivity contribution >= 4 is 11.6 Å². The van der Waals surface area contributed by atoms with E-state index in [9.17, 15) is 0 Å². The van der Waals surface area contributed by atoms with Crippen LogP contribution in [0.3, 0.4) is 0 Å². The summed E-state index contributed by atoms with van der Waals surface area (Å²) in [6.07, 6.45) is 5.27. The van der Waals surface area contributed by atoms with Crippen molar-refractivity contribution in [3.8, 4) is 0 Å². The van der Waals surface area contributed by atoms with Crippen LogP contribution in [0, 0.1) is 0 Å². The van der Waals surface area contributed by atoms with E-state index in [0.717, 1.165) is 32.6 Å². The predicted octanol–water partition coefficient (Wildman–Crippen LogP) is 2.67. The van der Waals surface area contributed by atoms with Gasteiger partial charge in [-0.05, 0) is 51.8 Å². The molecule has 2 saturated heterocycles. The molecule has 0 aromatic rings. The van der Waals surface area contributed by atoms with Crippen LogP contribution in [0.25, 0.3) is 0 Å². The van der Waals surface area contributed by atoms with Gasteiger partial charge in [0.05, 0.1) is 0 Å². The maximum Gasteiger partial charge on any atom is 0.107 e. The van der Waals surface area contributed by atoms with E-state index < -0.39 is 0 Å². The molecule has 0 aromatic carbocycles. The number of hydrogen-bond acceptors (Lipinski definition) is 3. The van der Waals surface area contributed by atoms with Crippen LogP contribution in [0.5, 0.6) is 0 Å². The van der Waals surface area contributed by atoms with Crippen molar-refractivity contribution in [1.82, 2.24) is 15.1 Å². The van der Waals surface area contributed by atoms with Crippen molar-refractivity contribution in [2.75, 3.05) is 45.8 Å². The highest BCUT2D eigenvalue weighted by atomic mass is 35.5. The third-order valence-corrected chi connectivity index (χ3v) is 5.09. The summed E-state index contributed by atoms with van der Waals surface area (Å²) >= 11 is 6.76. The third-order valence-electron chi connectivity index (χ3n) is 4.55. The zero-order valence-electron chi connectivity index (χ0n) is 13.1. The second-order valence-electron chi connectivity index (χ2n) is 6.30. The standard InChI is InChI=1S/C16H30ClN3/c1-14(2)15(6-11-19-9-4-3-5-10-19)16(17)20-12-7-18-8-13-20/h16,18H,3-13H2,1-2H3. The molecule has 2 aliphatic heterocycles. The zero-order chi connectivity index (χ0) is 14.4. The Balaban J connectivity index is 1.87. The number of alkyl halides is 1. The molecule has 3 nitrogen and oxygen atoms in total. The Kier molecular flexibility index (Phi) is 6.82. The number of nitrogens with zero attached hydrogens (tertiary/aromatic N) is 2. The molecule has 0 amide bonds. The molecule has 2 heterocycles. The predicted molar refractivity (Wildman–Crippen MR) is 87.4 cm³/mol. The van der Waals surface area contributed by atoms with Crippen molar-refractivity contribution in [3.05, 3.63) is 11.1 Å². The van der Waals surface area contributed by atoms with Crippen LogP contribution >= 0.6 is 11.6 Å². The highest BCUT2D eigenvalue weighted by Crippen LogP contribution is 2.23. The maximum atomic E-state index is 6.76. The summed E-state index contributed by atoms with van der Waals surface area (Å²) in [5, 5.41) is 3.40. The van der Waals surface area contributed by atoms with Gasteiger partial charge in [0.2, 0.25) is 0 Å². The van der Waals surface area contributed by atoms with E-state index in [-0.39, 0.29) is 5.50 Å². The minimum absolute atomic E-state index is 0.0897. The summed E-state index contributed by atoms with van der Waals surface area (Å²) in [4.78, 5) is 5.02. The SMILES string of the molecule is CC(C)=C(CCN1CCCCC1)C(Cl)N1CCNCC1. The molecule has 0 spiro atoms. The molecule has 2 aliphatic rings. The first-order valence-corrected chi connectivity index (χ1v) is 8.59. The number of rotatable bonds is 5. The van der Waals surface area contributed by atoms with E-state index in [4.69, 9.17) is 11.6 Å². The molecular weight excluding hydrogens is 270 g/mol. The van der Waals surface area contributed by atoms with Gasteiger partial charge < -0.3 is 10.2 Å². The zero-order valence-corrected chi connectivity index (χ0v) is 13.9. The van der Waals surface area contributed by atoms with E-state index in [1.807, 2.05) is 0 Å². The summed E-state index contributed by atoms with van der Waals surface area (Å²) in [5.74, 6) is 0. The molecule has 1 N–H and O–H groups in total. The summed E-state index contributed by atoms with van der Waals surface area (Å²) < 4.78 is 0. The van der Waals surface area contributed by atoms with Crippen molar-refractivity contribution in [2.24, 2.45) is 0 Å². The van der Waals surface area contributed by atoms with Crippen molar-refractivity contribution in [3.63, 3.8) is 0 Å². The van der Waals surface area contributed by atoms with Crippen LogP contribution in [-0.2, 0) is 0 Å². The van der Waals surface area contributed by atoms with Gasteiger partial charge >= 0.3 is 0 Å². The molecule has 0 aromatic heterocycles. The van der Waals surface area contributed by atoms with Crippen LogP contribution in [0.2, 0.25) is 0 Å². The monoisotopic (exact) mass is 299 g/mol. The molecule has 1 atom stereocenters. The van der Waals surface area contributed by atoms with Crippen molar-refractivity contribution < 1.29 is 0 Å². The lowest BCUT2D eigenvalue weighted by molar-refractivity contribution is 0.216. The molecule has 0 radical (unpaired) electrons. The molecule has 116 valence electrons. The van der Waals surface area contributed by atoms with Gasteiger partial charge in [-0.25, -0.2) is 0 Å². The number of piperidine rings is 1. The fourth-order valence-corrected chi connectivity index (χ4v) is 3.72. The van der Waals surface area contributed by atoms with Crippen LogP contribution in [-0.4, -0.2) is 61.1 Å². The first-order chi connectivity index (χ1) is 9.68. The smallest absolute Gasteiger partial charge is 0.107 e. The van der Waals surface area contributed by atoms with Crippen LogP contribution < -0.4 is 5.32 Å². The Morgan fingerprint density at radius 3 is 2.30 bits per heavy atom. The Morgan fingerprint density at radius 2 is 1.70 bits per heavy atom. The summed E-state index contributed by atoms with van der Waals surface area (Å²) in [6, 6.07) is 0. The van der Waals surface area contributed by atoms with E-state index in [1.165, 1.54) is 50.0 Å². The lowest BCUT2D eigenvalue weighted by Gasteiger charge is -2.34. The Bertz CT molecular complexity index is 314. The number of likely N-dealkylation sites (tertiary alicyclic amines) is 1. The van der Waals surface area contributed by atoms with Gasteiger partial charge in [0.1, 0.15) is 5.50 Å². The van der Waals surface area contributed by atoms with Crippen LogP contribution in [0.1, 0.15) is 39.5 Å². The van der Waals surface area contributed by atoms with Gasteiger partial charge in [-0.2, -0.15) is 0 Å². The normalized spacial score (nSPS) is 23.6. The van der Waals surface area contributed by atoms with Gasteiger partial charge in [0.15, 0.2) is 0 Å². The molecular formula is C16H30ClN3. The number of nitrogens with one attached hydrogen (secondary N) is 1. The quantitative estimate of drug-likeness (QED) is 0.478. The molecule has 0 aliphatic carbocycles. The topological polar surface area (TPSA) is 18.5 Å². The van der Waals surface area contributed by atoms with E-state index in [0.29, 0.717) is 0 Å². The Morgan fingerprint density at radius 1 is 1.05 bits per heavy atom. The summed E-state index contributed by atoms with van der Waals surface area (Å²) in [7, 11) is 0. The molecule has 1 unspecified atom stereocenters. The van der Waals surface area contributed by atoms with Gasteiger partial charge in [0.25, 0.3) is 0 Å². The molecule has 0 saturated carbocycles. The van der Waals surface area contributed by atoms with Gasteiger partial charge in [-0.1, -0.05) is 12.0 Å². The summed E-state index contributed by atoms with van der Waals surface area (Å²) in [5.41, 5.74) is 2.94. The average Bonchev–Trinajstić information content (AvgIpc) is 2.49. The fourth-order valence-electron chi connectivity index (χ4n) is 3.20. The number of halogens is 1. The lowest BCUT2D eigenvalue weighted by atomic mass is 10.0. The first kappa shape index (κ1) is 16.3. The number of piperazine rings is 1. The molecule has 4 heteroatoms. The third kappa shape index (κ3) is 4.73. The number of allylic oxidation sites excluding steroid dienone is 1. The largest absolute Gasteiger partial charge is 0.314 e. The second-order valence-corrected chi connectivity index (χ2v) is 6.71. The van der Waals surface area contributed by atoms with Crippen molar-refractivity contribution in [2.45, 2.75) is 45.0 Å². The van der Waals surface area contributed by atoms with Gasteiger partial charge in [-0.15, -0.1) is 11.6 Å². The van der Waals surface area contributed by atoms with Crippen LogP contribution in [0.15, 0.2) is 11.1 Å². The Labute approximate surface area is 129 Å². The lowest BCUT2D eigenvalue weighted by Crippen LogP contribution is -2.47. The van der Waals surface area contributed by atoms with E-state index >= 15 is 0 Å². The maximum absolute atomic E-state index is 6.76. The first-order valence-electron chi connectivity index (χ1n) is 8.16. The van der Waals surface area contributed by atoms with Gasteiger partial charge in [-0.3, -0.25) is 4.90 Å². The molecule has 2 rings (SSSR count).